The van der Waals surface area contributed by atoms with Gasteiger partial charge in [-0.25, -0.2) is 17.6 Å². The number of hydrogen-bond acceptors (Lipinski definition) is 2. The molecule has 0 aliphatic heterocycles. The third kappa shape index (κ3) is 4.54. The molecule has 214 valence electrons. The fraction of sp³-hybridized carbons (Fsp3) is 0.382. The maximum Gasteiger partial charge on any atom is 0.307 e. The third-order valence-corrected chi connectivity index (χ3v) is 9.28. The van der Waals surface area contributed by atoms with Gasteiger partial charge in [0.15, 0.2) is 11.6 Å². The van der Waals surface area contributed by atoms with Crippen LogP contribution in [-0.2, 0) is 22.7 Å². The summed E-state index contributed by atoms with van der Waals surface area (Å²) in [6.07, 6.45) is 3.58. The molecule has 3 aromatic rings. The molecule has 1 N–H and O–H groups in total. The van der Waals surface area contributed by atoms with E-state index in [0.29, 0.717) is 11.1 Å². The quantitative estimate of drug-likeness (QED) is 0.304. The summed E-state index contributed by atoms with van der Waals surface area (Å²) in [7, 11) is 0. The number of aryl methyl sites for hydroxylation is 1. The normalized spacial score (nSPS) is 23.7. The first kappa shape index (κ1) is 27.6. The molecule has 3 aliphatic carbocycles. The molecule has 0 aromatic heterocycles. The van der Waals surface area contributed by atoms with Crippen LogP contribution in [0.4, 0.5) is 17.6 Å². The largest absolute Gasteiger partial charge is 0.486 e. The zero-order valence-corrected chi connectivity index (χ0v) is 23.3. The summed E-state index contributed by atoms with van der Waals surface area (Å²) in [6.45, 7) is 6.18. The van der Waals surface area contributed by atoms with Crippen LogP contribution in [0.2, 0.25) is 0 Å². The molecule has 41 heavy (non-hydrogen) atoms. The summed E-state index contributed by atoms with van der Waals surface area (Å²) in [5, 5.41) is 9.56. The highest BCUT2D eigenvalue weighted by molar-refractivity contribution is 5.85. The van der Waals surface area contributed by atoms with E-state index in [2.05, 4.69) is 19.9 Å². The molecule has 0 heterocycles. The zero-order chi connectivity index (χ0) is 29.3. The summed E-state index contributed by atoms with van der Waals surface area (Å²) in [4.78, 5) is 11.7. The summed E-state index contributed by atoms with van der Waals surface area (Å²) in [5.41, 5.74) is 2.98. The molecule has 2 atom stereocenters. The highest BCUT2D eigenvalue weighted by Gasteiger charge is 2.65. The van der Waals surface area contributed by atoms with E-state index in [1.807, 2.05) is 25.1 Å². The van der Waals surface area contributed by atoms with Gasteiger partial charge in [-0.05, 0) is 90.6 Å². The molecule has 3 nitrogen and oxygen atoms in total. The van der Waals surface area contributed by atoms with E-state index in [1.165, 1.54) is 18.2 Å². The number of carboxylic acids is 1. The fourth-order valence-electron chi connectivity index (χ4n) is 6.89. The van der Waals surface area contributed by atoms with E-state index in [9.17, 15) is 23.1 Å². The number of carboxylic acid groups (broad SMARTS) is 1. The first-order valence-corrected chi connectivity index (χ1v) is 14.0. The Morgan fingerprint density at radius 1 is 0.976 bits per heavy atom. The second-order valence-electron chi connectivity index (χ2n) is 12.4. The maximum absolute atomic E-state index is 15.9. The number of hydrogen-bond donors (Lipinski definition) is 1. The van der Waals surface area contributed by atoms with Crippen molar-refractivity contribution >= 4 is 11.5 Å². The van der Waals surface area contributed by atoms with Gasteiger partial charge in [0.2, 0.25) is 0 Å². The Morgan fingerprint density at radius 2 is 1.76 bits per heavy atom. The van der Waals surface area contributed by atoms with Crippen molar-refractivity contribution < 1.29 is 32.2 Å². The number of ether oxygens (including phenoxy) is 1. The van der Waals surface area contributed by atoms with Gasteiger partial charge < -0.3 is 9.84 Å². The first-order chi connectivity index (χ1) is 19.3. The Balaban J connectivity index is 1.36. The Morgan fingerprint density at radius 3 is 2.44 bits per heavy atom. The molecule has 3 aromatic carbocycles. The van der Waals surface area contributed by atoms with Crippen LogP contribution in [0.3, 0.4) is 0 Å². The Kier molecular flexibility index (Phi) is 6.36. The van der Waals surface area contributed by atoms with Crippen molar-refractivity contribution in [2.45, 2.75) is 70.8 Å². The van der Waals surface area contributed by atoms with E-state index in [0.717, 1.165) is 35.1 Å². The van der Waals surface area contributed by atoms with Gasteiger partial charge in [0.05, 0.1) is 5.92 Å². The lowest BCUT2D eigenvalue weighted by Gasteiger charge is -2.33. The Hall–Kier alpha value is -3.61. The minimum Gasteiger partial charge on any atom is -0.486 e. The molecule has 0 unspecified atom stereocenters. The highest BCUT2D eigenvalue weighted by Crippen LogP contribution is 2.65. The summed E-state index contributed by atoms with van der Waals surface area (Å²) < 4.78 is 66.2. The molecule has 3 aliphatic rings. The maximum atomic E-state index is 15.9. The van der Waals surface area contributed by atoms with Gasteiger partial charge in [-0.1, -0.05) is 43.7 Å². The summed E-state index contributed by atoms with van der Waals surface area (Å²) in [5.74, 6) is -6.64. The molecule has 1 fully saturated rings. The number of carbonyl (C=O) groups is 1. The molecule has 0 bridgehead atoms. The molecule has 1 spiro atoms. The molecule has 1 saturated carbocycles. The van der Waals surface area contributed by atoms with E-state index in [4.69, 9.17) is 4.74 Å². The predicted octanol–water partition coefficient (Wildman–Crippen LogP) is 8.95. The van der Waals surface area contributed by atoms with E-state index >= 15 is 4.39 Å². The number of aliphatic carboxylic acids is 1. The topological polar surface area (TPSA) is 46.5 Å². The number of allylic oxidation sites excluding steroid dienone is 2. The molecule has 7 heteroatoms. The first-order valence-electron chi connectivity index (χ1n) is 14.0. The lowest BCUT2D eigenvalue weighted by molar-refractivity contribution is -0.139. The number of alkyl halides is 2. The van der Waals surface area contributed by atoms with Crippen LogP contribution in [0.1, 0.15) is 73.8 Å². The highest BCUT2D eigenvalue weighted by atomic mass is 19.3. The van der Waals surface area contributed by atoms with Crippen LogP contribution >= 0.6 is 0 Å². The Labute approximate surface area is 236 Å². The molecule has 0 saturated heterocycles. The Bertz CT molecular complexity index is 1610. The van der Waals surface area contributed by atoms with Gasteiger partial charge in [0.25, 0.3) is 5.92 Å². The van der Waals surface area contributed by atoms with E-state index in [-0.39, 0.29) is 42.0 Å². The lowest BCUT2D eigenvalue weighted by Crippen LogP contribution is -2.31. The van der Waals surface area contributed by atoms with Gasteiger partial charge in [-0.2, -0.15) is 0 Å². The van der Waals surface area contributed by atoms with Crippen LogP contribution in [0, 0.1) is 29.9 Å². The number of benzene rings is 3. The number of halogens is 4. The monoisotopic (exact) mass is 564 g/mol. The van der Waals surface area contributed by atoms with Crippen molar-refractivity contribution in [3.8, 4) is 16.9 Å². The van der Waals surface area contributed by atoms with Crippen LogP contribution < -0.4 is 4.74 Å². The average Bonchev–Trinajstić information content (AvgIpc) is 3.54. The van der Waals surface area contributed by atoms with Crippen LogP contribution in [-0.4, -0.2) is 11.1 Å². The minimum atomic E-state index is -3.23. The van der Waals surface area contributed by atoms with Gasteiger partial charge in [-0.15, -0.1) is 0 Å². The van der Waals surface area contributed by atoms with E-state index < -0.39 is 41.0 Å². The molecular formula is C34H32F4O3. The van der Waals surface area contributed by atoms with Gasteiger partial charge in [-0.3, -0.25) is 4.79 Å². The fourth-order valence-corrected chi connectivity index (χ4v) is 6.89. The van der Waals surface area contributed by atoms with Crippen LogP contribution in [0.5, 0.6) is 5.75 Å². The molecule has 0 radical (unpaired) electrons. The van der Waals surface area contributed by atoms with Gasteiger partial charge in [0.1, 0.15) is 12.4 Å². The zero-order valence-electron chi connectivity index (χ0n) is 23.3. The molecular weight excluding hydrogens is 532 g/mol. The third-order valence-electron chi connectivity index (χ3n) is 9.28. The minimum absolute atomic E-state index is 0.0429. The average molecular weight is 565 g/mol. The predicted molar refractivity (Wildman–Crippen MR) is 149 cm³/mol. The summed E-state index contributed by atoms with van der Waals surface area (Å²) in [6, 6.07) is 13.0. The van der Waals surface area contributed by atoms with Crippen molar-refractivity contribution in [1.29, 1.82) is 0 Å². The van der Waals surface area contributed by atoms with Gasteiger partial charge in [0, 0.05) is 28.5 Å². The SMILES string of the molecule is Cc1ccc(F)c(-c2ccc(COc3ccc4c(c3F)[C@@]3(CCC4(F)F)C[C@@H]3C(=O)O)cc2C2=CCCC2(C)C)c1. The van der Waals surface area contributed by atoms with Crippen LogP contribution in [0.15, 0.2) is 54.6 Å². The number of fused-ring (bicyclic) bond motifs is 2. The van der Waals surface area contributed by atoms with E-state index in [1.54, 1.807) is 12.1 Å². The second kappa shape index (κ2) is 9.47. The standard InChI is InChI=1S/C34H32F4O3/c1-19-6-10-27(35)23(15-19)21-8-7-20(16-22(21)24-5-4-12-32(24,2)3)18-41-28-11-9-25-29(30(28)36)33(13-14-34(25,37)38)17-26(33)31(39)40/h5-11,15-16,26H,4,12-14,17-18H2,1-3H3,(H,39,40)/t26-,33+/m1/s1. The lowest BCUT2D eigenvalue weighted by atomic mass is 9.76. The molecule has 6 rings (SSSR count). The van der Waals surface area contributed by atoms with Crippen LogP contribution in [0.25, 0.3) is 16.7 Å². The summed E-state index contributed by atoms with van der Waals surface area (Å²) >= 11 is 0. The molecule has 0 amide bonds. The van der Waals surface area contributed by atoms with Crippen molar-refractivity contribution in [2.75, 3.05) is 0 Å². The second-order valence-corrected chi connectivity index (χ2v) is 12.4. The van der Waals surface area contributed by atoms with Gasteiger partial charge >= 0.3 is 5.97 Å². The van der Waals surface area contributed by atoms with Crippen molar-refractivity contribution in [3.63, 3.8) is 0 Å². The number of rotatable bonds is 6. The smallest absolute Gasteiger partial charge is 0.307 e. The van der Waals surface area contributed by atoms with Crippen molar-refractivity contribution in [3.05, 3.63) is 94.1 Å². The van der Waals surface area contributed by atoms with Crippen molar-refractivity contribution in [2.24, 2.45) is 11.3 Å². The van der Waals surface area contributed by atoms with Crippen molar-refractivity contribution in [1.82, 2.24) is 0 Å².